The molecule has 2 heterocycles. The minimum absolute atomic E-state index is 0.00704. The van der Waals surface area contributed by atoms with Crippen molar-refractivity contribution in [2.24, 2.45) is 0 Å². The van der Waals surface area contributed by atoms with E-state index < -0.39 is 0 Å². The summed E-state index contributed by atoms with van der Waals surface area (Å²) in [6.45, 7) is 0. The van der Waals surface area contributed by atoms with Gasteiger partial charge in [-0.25, -0.2) is 9.97 Å². The van der Waals surface area contributed by atoms with Crippen molar-refractivity contribution in [2.45, 2.75) is 11.4 Å². The summed E-state index contributed by atoms with van der Waals surface area (Å²) in [5.41, 5.74) is 3.12. The number of carbonyl (C=O) groups excluding carboxylic acids is 1. The third kappa shape index (κ3) is 4.18. The van der Waals surface area contributed by atoms with Crippen molar-refractivity contribution < 1.29 is 4.79 Å². The average Bonchev–Trinajstić information content (AvgIpc) is 3.14. The smallest absolute Gasteiger partial charge is 0.225 e. The summed E-state index contributed by atoms with van der Waals surface area (Å²) >= 11 is 3.22. The van der Waals surface area contributed by atoms with E-state index >= 15 is 0 Å². The first-order valence-electron chi connectivity index (χ1n) is 8.56. The molecule has 4 aromatic rings. The maximum atomic E-state index is 12.1. The van der Waals surface area contributed by atoms with Crippen LogP contribution in [-0.2, 0) is 4.79 Å². The van der Waals surface area contributed by atoms with Gasteiger partial charge < -0.3 is 5.32 Å². The van der Waals surface area contributed by atoms with Gasteiger partial charge in [-0.3, -0.25) is 4.79 Å². The zero-order valence-electron chi connectivity index (χ0n) is 14.5. The third-order valence-corrected chi connectivity index (χ3v) is 5.92. The van der Waals surface area contributed by atoms with E-state index in [0.29, 0.717) is 12.2 Å². The molecule has 4 nitrogen and oxygen atoms in total. The number of carbonyl (C=O) groups is 1. The van der Waals surface area contributed by atoms with Crippen LogP contribution in [0.5, 0.6) is 0 Å². The molecule has 1 N–H and O–H groups in total. The summed E-state index contributed by atoms with van der Waals surface area (Å²) in [5.74, 6) is 0.669. The van der Waals surface area contributed by atoms with Gasteiger partial charge in [-0.15, -0.1) is 23.1 Å². The van der Waals surface area contributed by atoms with E-state index in [2.05, 4.69) is 32.8 Å². The van der Waals surface area contributed by atoms with Crippen LogP contribution in [0.4, 0.5) is 5.69 Å². The van der Waals surface area contributed by atoms with E-state index in [1.165, 1.54) is 0 Å². The number of aromatic nitrogens is 2. The molecule has 0 saturated carbocycles. The molecular formula is C21H17N3OS2. The Hall–Kier alpha value is -2.70. The molecule has 0 unspecified atom stereocenters. The van der Waals surface area contributed by atoms with Crippen LogP contribution in [0.15, 0.2) is 77.4 Å². The van der Waals surface area contributed by atoms with Crippen LogP contribution < -0.4 is 5.32 Å². The van der Waals surface area contributed by atoms with Gasteiger partial charge in [-0.05, 0) is 17.7 Å². The summed E-state index contributed by atoms with van der Waals surface area (Å²) < 4.78 is 0. The first kappa shape index (κ1) is 17.7. The highest BCUT2D eigenvalue weighted by Gasteiger charge is 2.13. The largest absolute Gasteiger partial charge is 0.326 e. The highest BCUT2D eigenvalue weighted by atomic mass is 32.2. The summed E-state index contributed by atoms with van der Waals surface area (Å²) in [4.78, 5) is 22.0. The summed E-state index contributed by atoms with van der Waals surface area (Å²) in [6.07, 6.45) is 2.02. The van der Waals surface area contributed by atoms with Gasteiger partial charge in [-0.2, -0.15) is 0 Å². The second kappa shape index (κ2) is 8.33. The monoisotopic (exact) mass is 391 g/mol. The number of nitrogens with one attached hydrogen (secondary N) is 1. The summed E-state index contributed by atoms with van der Waals surface area (Å²) in [7, 11) is 0. The van der Waals surface area contributed by atoms with E-state index in [-0.39, 0.29) is 5.91 Å². The lowest BCUT2D eigenvalue weighted by molar-refractivity contribution is -0.115. The molecule has 0 spiro atoms. The number of rotatable bonds is 6. The molecule has 27 heavy (non-hydrogen) atoms. The Morgan fingerprint density at radius 3 is 2.52 bits per heavy atom. The van der Waals surface area contributed by atoms with Gasteiger partial charge in [0, 0.05) is 28.8 Å². The predicted molar refractivity (Wildman–Crippen MR) is 113 cm³/mol. The molecule has 0 bridgehead atoms. The molecule has 2 aromatic carbocycles. The van der Waals surface area contributed by atoms with Crippen molar-refractivity contribution in [1.82, 2.24) is 9.97 Å². The van der Waals surface area contributed by atoms with Crippen LogP contribution in [0.3, 0.4) is 0 Å². The third-order valence-electron chi connectivity index (χ3n) is 4.05. The SMILES string of the molecule is O=C(CCSc1ncnc2scc(-c3ccccc3)c12)Nc1ccccc1. The number of thiophene rings is 1. The van der Waals surface area contributed by atoms with Crippen LogP contribution in [-0.4, -0.2) is 21.6 Å². The maximum absolute atomic E-state index is 12.1. The number of anilines is 1. The lowest BCUT2D eigenvalue weighted by Gasteiger charge is -2.06. The van der Waals surface area contributed by atoms with E-state index in [4.69, 9.17) is 0 Å². The highest BCUT2D eigenvalue weighted by molar-refractivity contribution is 7.99. The van der Waals surface area contributed by atoms with Crippen molar-refractivity contribution in [3.05, 3.63) is 72.4 Å². The van der Waals surface area contributed by atoms with E-state index in [1.807, 2.05) is 48.5 Å². The summed E-state index contributed by atoms with van der Waals surface area (Å²) in [5, 5.41) is 7.04. The number of nitrogens with zero attached hydrogens (tertiary/aromatic N) is 2. The quantitative estimate of drug-likeness (QED) is 0.349. The van der Waals surface area contributed by atoms with Crippen molar-refractivity contribution >= 4 is 44.9 Å². The Labute approximate surface area is 165 Å². The maximum Gasteiger partial charge on any atom is 0.225 e. The molecule has 2 aromatic heterocycles. The lowest BCUT2D eigenvalue weighted by Crippen LogP contribution is -2.12. The number of benzene rings is 2. The molecule has 0 saturated heterocycles. The fraction of sp³-hybridized carbons (Fsp3) is 0.0952. The molecule has 1 amide bonds. The van der Waals surface area contributed by atoms with Crippen LogP contribution in [0, 0.1) is 0 Å². The van der Waals surface area contributed by atoms with Gasteiger partial charge in [0.1, 0.15) is 16.2 Å². The number of hydrogen-bond acceptors (Lipinski definition) is 5. The number of fused-ring (bicyclic) bond motifs is 1. The Kier molecular flexibility index (Phi) is 5.46. The molecule has 0 fully saturated rings. The molecule has 0 aliphatic rings. The highest BCUT2D eigenvalue weighted by Crippen LogP contribution is 2.37. The van der Waals surface area contributed by atoms with E-state index in [9.17, 15) is 4.79 Å². The predicted octanol–water partition coefficient (Wildman–Crippen LogP) is 5.48. The Morgan fingerprint density at radius 2 is 1.74 bits per heavy atom. The zero-order chi connectivity index (χ0) is 18.5. The summed E-state index contributed by atoms with van der Waals surface area (Å²) in [6, 6.07) is 19.8. The van der Waals surface area contributed by atoms with Crippen molar-refractivity contribution in [2.75, 3.05) is 11.1 Å². The van der Waals surface area contributed by atoms with Gasteiger partial charge in [0.05, 0.1) is 5.39 Å². The second-order valence-electron chi connectivity index (χ2n) is 5.89. The van der Waals surface area contributed by atoms with Crippen LogP contribution in [0.2, 0.25) is 0 Å². The molecule has 134 valence electrons. The molecular weight excluding hydrogens is 374 g/mol. The minimum atomic E-state index is 0.00704. The number of para-hydroxylation sites is 1. The number of thioether (sulfide) groups is 1. The van der Waals surface area contributed by atoms with Crippen LogP contribution in [0.25, 0.3) is 21.3 Å². The Balaban J connectivity index is 1.48. The minimum Gasteiger partial charge on any atom is -0.326 e. The van der Waals surface area contributed by atoms with Crippen LogP contribution in [0.1, 0.15) is 6.42 Å². The van der Waals surface area contributed by atoms with Crippen molar-refractivity contribution in [1.29, 1.82) is 0 Å². The second-order valence-corrected chi connectivity index (χ2v) is 7.83. The lowest BCUT2D eigenvalue weighted by atomic mass is 10.1. The first-order valence-corrected chi connectivity index (χ1v) is 10.4. The molecule has 0 aliphatic carbocycles. The van der Waals surface area contributed by atoms with Gasteiger partial charge in [0.2, 0.25) is 5.91 Å². The molecule has 6 heteroatoms. The fourth-order valence-corrected chi connectivity index (χ4v) is 4.71. The van der Waals surface area contributed by atoms with Gasteiger partial charge in [-0.1, -0.05) is 48.5 Å². The van der Waals surface area contributed by atoms with Crippen LogP contribution >= 0.6 is 23.1 Å². The first-order chi connectivity index (χ1) is 13.3. The Morgan fingerprint density at radius 1 is 1.00 bits per heavy atom. The average molecular weight is 392 g/mol. The van der Waals surface area contributed by atoms with E-state index in [1.54, 1.807) is 29.4 Å². The molecule has 4 rings (SSSR count). The topological polar surface area (TPSA) is 54.9 Å². The van der Waals surface area contributed by atoms with Gasteiger partial charge in [0.15, 0.2) is 0 Å². The van der Waals surface area contributed by atoms with Crippen molar-refractivity contribution in [3.63, 3.8) is 0 Å². The molecule has 0 atom stereocenters. The molecule has 0 radical (unpaired) electrons. The van der Waals surface area contributed by atoms with E-state index in [0.717, 1.165) is 32.1 Å². The van der Waals surface area contributed by atoms with Gasteiger partial charge in [0.25, 0.3) is 0 Å². The zero-order valence-corrected chi connectivity index (χ0v) is 16.1. The number of amides is 1. The standard InChI is InChI=1S/C21H17N3OS2/c25-18(24-16-9-5-2-6-10-16)11-12-26-20-19-17(15-7-3-1-4-8-15)13-27-21(19)23-14-22-20/h1-10,13-14H,11-12H2,(H,24,25). The molecule has 0 aliphatic heterocycles. The van der Waals surface area contributed by atoms with Crippen molar-refractivity contribution in [3.8, 4) is 11.1 Å². The fourth-order valence-electron chi connectivity index (χ4n) is 2.77. The normalized spacial score (nSPS) is 10.8. The Bertz CT molecular complexity index is 1050. The number of hydrogen-bond donors (Lipinski definition) is 1. The van der Waals surface area contributed by atoms with Gasteiger partial charge >= 0.3 is 0 Å².